The topological polar surface area (TPSA) is 57.6 Å². The fourth-order valence-corrected chi connectivity index (χ4v) is 2.30. The Labute approximate surface area is 80.6 Å². The zero-order valence-corrected chi connectivity index (χ0v) is 9.34. The van der Waals surface area contributed by atoms with Crippen LogP contribution < -0.4 is 0 Å². The Morgan fingerprint density at radius 1 is 1.38 bits per heavy atom. The minimum atomic E-state index is -3.14. The molecule has 5 heteroatoms. The van der Waals surface area contributed by atoms with E-state index in [1.54, 1.807) is 6.92 Å². The van der Waals surface area contributed by atoms with Crippen LogP contribution in [0.3, 0.4) is 0 Å². The number of rotatable bonds is 6. The lowest BCUT2D eigenvalue weighted by atomic mass is 10.2. The van der Waals surface area contributed by atoms with Gasteiger partial charge in [0.25, 0.3) is 0 Å². The molecule has 0 bridgehead atoms. The van der Waals surface area contributed by atoms with Crippen molar-refractivity contribution in [1.82, 2.24) is 4.31 Å². The monoisotopic (exact) mass is 209 g/mol. The van der Waals surface area contributed by atoms with E-state index in [9.17, 15) is 8.42 Å². The average molecular weight is 209 g/mol. The molecular weight excluding hydrogens is 190 g/mol. The molecule has 1 N–H and O–H groups in total. The van der Waals surface area contributed by atoms with Crippen molar-refractivity contribution in [3.8, 4) is 0 Å². The highest BCUT2D eigenvalue weighted by molar-refractivity contribution is 7.89. The van der Waals surface area contributed by atoms with Crippen molar-refractivity contribution in [3.05, 3.63) is 0 Å². The van der Waals surface area contributed by atoms with Crippen molar-refractivity contribution in [2.45, 2.75) is 20.8 Å². The number of hydrogen-bond acceptors (Lipinski definition) is 3. The van der Waals surface area contributed by atoms with Crippen molar-refractivity contribution in [1.29, 1.82) is 0 Å². The van der Waals surface area contributed by atoms with E-state index in [1.807, 2.05) is 13.8 Å². The first-order valence-electron chi connectivity index (χ1n) is 4.52. The van der Waals surface area contributed by atoms with Crippen LogP contribution in [0.4, 0.5) is 0 Å². The third-order valence-electron chi connectivity index (χ3n) is 1.68. The highest BCUT2D eigenvalue weighted by Crippen LogP contribution is 2.05. The van der Waals surface area contributed by atoms with Crippen LogP contribution in [0.25, 0.3) is 0 Å². The van der Waals surface area contributed by atoms with Crippen LogP contribution in [0.2, 0.25) is 0 Å². The molecule has 0 aliphatic heterocycles. The van der Waals surface area contributed by atoms with Gasteiger partial charge in [0, 0.05) is 13.1 Å². The number of hydrogen-bond donors (Lipinski definition) is 1. The predicted molar refractivity (Wildman–Crippen MR) is 53.0 cm³/mol. The van der Waals surface area contributed by atoms with E-state index in [0.29, 0.717) is 6.54 Å². The first kappa shape index (κ1) is 12.9. The van der Waals surface area contributed by atoms with Gasteiger partial charge in [0.2, 0.25) is 10.0 Å². The minimum Gasteiger partial charge on any atom is -0.395 e. The van der Waals surface area contributed by atoms with Gasteiger partial charge in [-0.2, -0.15) is 4.31 Å². The molecule has 0 aromatic heterocycles. The van der Waals surface area contributed by atoms with Crippen LogP contribution in [0.5, 0.6) is 0 Å². The summed E-state index contributed by atoms with van der Waals surface area (Å²) in [4.78, 5) is 0. The van der Waals surface area contributed by atoms with E-state index in [-0.39, 0.29) is 24.8 Å². The molecule has 0 atom stereocenters. The molecule has 0 unspecified atom stereocenters. The molecule has 0 rings (SSSR count). The Hall–Kier alpha value is -0.130. The summed E-state index contributed by atoms with van der Waals surface area (Å²) in [6, 6.07) is 0. The molecular formula is C8H19NO3S. The molecule has 0 amide bonds. The first-order chi connectivity index (χ1) is 5.94. The van der Waals surface area contributed by atoms with Gasteiger partial charge >= 0.3 is 0 Å². The third kappa shape index (κ3) is 4.59. The fraction of sp³-hybridized carbons (Fsp3) is 1.00. The van der Waals surface area contributed by atoms with Gasteiger partial charge in [-0.05, 0) is 12.8 Å². The van der Waals surface area contributed by atoms with Gasteiger partial charge in [0.1, 0.15) is 0 Å². The van der Waals surface area contributed by atoms with Crippen molar-refractivity contribution < 1.29 is 13.5 Å². The van der Waals surface area contributed by atoms with Gasteiger partial charge in [-0.3, -0.25) is 0 Å². The number of sulfonamides is 1. The summed E-state index contributed by atoms with van der Waals surface area (Å²) in [6.07, 6.45) is 0. The highest BCUT2D eigenvalue weighted by Gasteiger charge is 2.19. The van der Waals surface area contributed by atoms with E-state index in [1.165, 1.54) is 4.31 Å². The number of aliphatic hydroxyl groups is 1. The standard InChI is InChI=1S/C8H19NO3S/c1-4-13(11,12)9(5-6-10)7-8(2)3/h8,10H,4-7H2,1-3H3. The quantitative estimate of drug-likeness (QED) is 0.684. The smallest absolute Gasteiger partial charge is 0.213 e. The second kappa shape index (κ2) is 5.57. The Bertz CT molecular complexity index is 224. The number of aliphatic hydroxyl groups excluding tert-OH is 1. The molecule has 0 aliphatic carbocycles. The van der Waals surface area contributed by atoms with E-state index in [0.717, 1.165) is 0 Å². The molecule has 0 aliphatic rings. The first-order valence-corrected chi connectivity index (χ1v) is 6.13. The van der Waals surface area contributed by atoms with Crippen LogP contribution in [-0.4, -0.2) is 43.3 Å². The van der Waals surface area contributed by atoms with Crippen molar-refractivity contribution in [2.75, 3.05) is 25.4 Å². The SMILES string of the molecule is CCS(=O)(=O)N(CCO)CC(C)C. The lowest BCUT2D eigenvalue weighted by Crippen LogP contribution is -2.37. The molecule has 13 heavy (non-hydrogen) atoms. The summed E-state index contributed by atoms with van der Waals surface area (Å²) in [5.74, 6) is 0.382. The summed E-state index contributed by atoms with van der Waals surface area (Å²) in [5, 5.41) is 8.70. The van der Waals surface area contributed by atoms with E-state index in [4.69, 9.17) is 5.11 Å². The lowest BCUT2D eigenvalue weighted by Gasteiger charge is -2.22. The molecule has 80 valence electrons. The third-order valence-corrected chi connectivity index (χ3v) is 3.52. The van der Waals surface area contributed by atoms with Gasteiger partial charge in [0.05, 0.1) is 12.4 Å². The fourth-order valence-electron chi connectivity index (χ4n) is 1.05. The zero-order chi connectivity index (χ0) is 10.5. The van der Waals surface area contributed by atoms with Crippen LogP contribution in [0.15, 0.2) is 0 Å². The predicted octanol–water partition coefficient (Wildman–Crippen LogP) is 0.286. The molecule has 0 saturated carbocycles. The molecule has 0 aromatic carbocycles. The Kier molecular flexibility index (Phi) is 5.51. The van der Waals surface area contributed by atoms with Gasteiger partial charge in [-0.1, -0.05) is 13.8 Å². The Balaban J connectivity index is 4.41. The van der Waals surface area contributed by atoms with Gasteiger partial charge in [-0.25, -0.2) is 8.42 Å². The molecule has 0 spiro atoms. The van der Waals surface area contributed by atoms with Crippen LogP contribution >= 0.6 is 0 Å². The molecule has 0 heterocycles. The molecule has 0 radical (unpaired) electrons. The van der Waals surface area contributed by atoms with Crippen molar-refractivity contribution in [3.63, 3.8) is 0 Å². The zero-order valence-electron chi connectivity index (χ0n) is 8.52. The van der Waals surface area contributed by atoms with Crippen LogP contribution in [-0.2, 0) is 10.0 Å². The summed E-state index contributed by atoms with van der Waals surface area (Å²) in [7, 11) is -3.14. The maximum atomic E-state index is 11.4. The summed E-state index contributed by atoms with van der Waals surface area (Å²) < 4.78 is 24.2. The Morgan fingerprint density at radius 2 is 1.92 bits per heavy atom. The van der Waals surface area contributed by atoms with Crippen molar-refractivity contribution >= 4 is 10.0 Å². The maximum absolute atomic E-state index is 11.4. The normalized spacial score (nSPS) is 12.8. The van der Waals surface area contributed by atoms with E-state index in [2.05, 4.69) is 0 Å². The highest BCUT2D eigenvalue weighted by atomic mass is 32.2. The van der Waals surface area contributed by atoms with Crippen molar-refractivity contribution in [2.24, 2.45) is 5.92 Å². The second-order valence-electron chi connectivity index (χ2n) is 3.38. The maximum Gasteiger partial charge on any atom is 0.213 e. The van der Waals surface area contributed by atoms with Crippen LogP contribution in [0, 0.1) is 5.92 Å². The Morgan fingerprint density at radius 3 is 2.23 bits per heavy atom. The lowest BCUT2D eigenvalue weighted by molar-refractivity contribution is 0.245. The van der Waals surface area contributed by atoms with Gasteiger partial charge in [0.15, 0.2) is 0 Å². The van der Waals surface area contributed by atoms with Crippen LogP contribution in [0.1, 0.15) is 20.8 Å². The van der Waals surface area contributed by atoms with Gasteiger partial charge < -0.3 is 5.11 Å². The summed E-state index contributed by atoms with van der Waals surface area (Å²) in [5.41, 5.74) is 0. The summed E-state index contributed by atoms with van der Waals surface area (Å²) in [6.45, 7) is 6.09. The molecule has 0 aromatic rings. The molecule has 0 fully saturated rings. The van der Waals surface area contributed by atoms with Gasteiger partial charge in [-0.15, -0.1) is 0 Å². The molecule has 0 saturated heterocycles. The van der Waals surface area contributed by atoms with E-state index >= 15 is 0 Å². The average Bonchev–Trinajstić information content (AvgIpc) is 2.03. The minimum absolute atomic E-state index is 0.0969. The molecule has 4 nitrogen and oxygen atoms in total. The second-order valence-corrected chi connectivity index (χ2v) is 5.63. The largest absolute Gasteiger partial charge is 0.395 e. The summed E-state index contributed by atoms with van der Waals surface area (Å²) >= 11 is 0. The number of nitrogens with zero attached hydrogens (tertiary/aromatic N) is 1. The van der Waals surface area contributed by atoms with E-state index < -0.39 is 10.0 Å².